The molecular weight excluding hydrogens is 232 g/mol. The topological polar surface area (TPSA) is 73.4 Å². The average molecular weight is 250 g/mol. The van der Waals surface area contributed by atoms with Gasteiger partial charge >= 0.3 is 5.97 Å². The van der Waals surface area contributed by atoms with E-state index in [-0.39, 0.29) is 12.3 Å². The molecule has 0 radical (unpaired) electrons. The first kappa shape index (κ1) is 12.7. The first-order valence-corrected chi connectivity index (χ1v) is 6.19. The first-order valence-electron chi connectivity index (χ1n) is 6.19. The van der Waals surface area contributed by atoms with Crippen molar-refractivity contribution in [3.05, 3.63) is 24.0 Å². The Morgan fingerprint density at radius 2 is 2.28 bits per heavy atom. The zero-order valence-corrected chi connectivity index (χ0v) is 10.5. The monoisotopic (exact) mass is 250 g/mol. The van der Waals surface area contributed by atoms with Crippen molar-refractivity contribution in [3.8, 4) is 0 Å². The van der Waals surface area contributed by atoms with E-state index in [9.17, 15) is 14.7 Å². The fourth-order valence-electron chi connectivity index (χ4n) is 2.48. The molecule has 1 unspecified atom stereocenters. The smallest absolute Gasteiger partial charge is 0.329 e. The van der Waals surface area contributed by atoms with E-state index in [4.69, 9.17) is 0 Å². The number of hydrogen-bond donors (Lipinski definition) is 2. The molecule has 5 heteroatoms. The van der Waals surface area contributed by atoms with Crippen molar-refractivity contribution in [1.82, 2.24) is 9.88 Å². The van der Waals surface area contributed by atoms with E-state index >= 15 is 0 Å². The van der Waals surface area contributed by atoms with E-state index in [1.54, 1.807) is 19.3 Å². The van der Waals surface area contributed by atoms with Crippen LogP contribution in [0.1, 0.15) is 31.7 Å². The lowest BCUT2D eigenvalue weighted by Crippen LogP contribution is -2.57. The van der Waals surface area contributed by atoms with Gasteiger partial charge in [0.2, 0.25) is 5.91 Å². The number of amides is 1. The van der Waals surface area contributed by atoms with Crippen LogP contribution in [0, 0.1) is 0 Å². The standard InChI is InChI=1S/C13H18N2O3/c1-13(12(17)18)5-2-3-7-15(13)11(16)8-10-4-6-14-9-10/h4,6,9,14H,2-3,5,7-8H2,1H3,(H,17,18). The number of carboxylic acid groups (broad SMARTS) is 1. The van der Waals surface area contributed by atoms with Gasteiger partial charge in [0.05, 0.1) is 6.42 Å². The molecule has 1 fully saturated rings. The van der Waals surface area contributed by atoms with Gasteiger partial charge in [-0.2, -0.15) is 0 Å². The van der Waals surface area contributed by atoms with Gasteiger partial charge in [0.1, 0.15) is 5.54 Å². The molecule has 5 nitrogen and oxygen atoms in total. The average Bonchev–Trinajstić information content (AvgIpc) is 2.82. The maximum Gasteiger partial charge on any atom is 0.329 e. The number of carbonyl (C=O) groups is 2. The number of aromatic amines is 1. The van der Waals surface area contributed by atoms with Gasteiger partial charge in [-0.05, 0) is 37.8 Å². The van der Waals surface area contributed by atoms with Gasteiger partial charge in [0.25, 0.3) is 0 Å². The van der Waals surface area contributed by atoms with Crippen LogP contribution in [0.15, 0.2) is 18.5 Å². The third kappa shape index (κ3) is 2.25. The molecule has 0 bridgehead atoms. The van der Waals surface area contributed by atoms with Crippen LogP contribution >= 0.6 is 0 Å². The number of nitrogens with one attached hydrogen (secondary N) is 1. The summed E-state index contributed by atoms with van der Waals surface area (Å²) in [6, 6.07) is 1.83. The number of carbonyl (C=O) groups excluding carboxylic acids is 1. The molecule has 0 saturated carbocycles. The Bertz CT molecular complexity index is 441. The number of likely N-dealkylation sites (tertiary alicyclic amines) is 1. The Morgan fingerprint density at radius 3 is 2.89 bits per heavy atom. The number of H-pyrrole nitrogens is 1. The van der Waals surface area contributed by atoms with Gasteiger partial charge < -0.3 is 15.0 Å². The first-order chi connectivity index (χ1) is 8.54. The predicted molar refractivity (Wildman–Crippen MR) is 66.1 cm³/mol. The van der Waals surface area contributed by atoms with Gasteiger partial charge in [-0.15, -0.1) is 0 Å². The minimum atomic E-state index is -1.05. The van der Waals surface area contributed by atoms with E-state index in [1.807, 2.05) is 6.07 Å². The van der Waals surface area contributed by atoms with E-state index < -0.39 is 11.5 Å². The molecule has 2 N–H and O–H groups in total. The second kappa shape index (κ2) is 4.84. The van der Waals surface area contributed by atoms with Crippen molar-refractivity contribution in [2.24, 2.45) is 0 Å². The van der Waals surface area contributed by atoms with Crippen LogP contribution in [0.25, 0.3) is 0 Å². The molecule has 1 amide bonds. The largest absolute Gasteiger partial charge is 0.480 e. The van der Waals surface area contributed by atoms with Gasteiger partial charge in [0, 0.05) is 18.9 Å². The molecule has 1 aromatic heterocycles. The molecule has 2 heterocycles. The molecule has 0 spiro atoms. The molecule has 98 valence electrons. The maximum atomic E-state index is 12.2. The zero-order valence-electron chi connectivity index (χ0n) is 10.5. The van der Waals surface area contributed by atoms with Gasteiger partial charge in [0.15, 0.2) is 0 Å². The van der Waals surface area contributed by atoms with Crippen molar-refractivity contribution in [3.63, 3.8) is 0 Å². The summed E-state index contributed by atoms with van der Waals surface area (Å²) in [5, 5.41) is 9.34. The van der Waals surface area contributed by atoms with Crippen molar-refractivity contribution in [2.45, 2.75) is 38.1 Å². The maximum absolute atomic E-state index is 12.2. The zero-order chi connectivity index (χ0) is 13.2. The molecule has 1 aliphatic heterocycles. The summed E-state index contributed by atoms with van der Waals surface area (Å²) in [5.74, 6) is -1.02. The minimum absolute atomic E-state index is 0.112. The third-order valence-corrected chi connectivity index (χ3v) is 3.67. The van der Waals surface area contributed by atoms with E-state index in [0.29, 0.717) is 13.0 Å². The second-order valence-electron chi connectivity index (χ2n) is 4.98. The third-order valence-electron chi connectivity index (χ3n) is 3.67. The lowest BCUT2D eigenvalue weighted by molar-refractivity contribution is -0.160. The van der Waals surface area contributed by atoms with Crippen LogP contribution < -0.4 is 0 Å². The summed E-state index contributed by atoms with van der Waals surface area (Å²) in [7, 11) is 0. The summed E-state index contributed by atoms with van der Waals surface area (Å²) >= 11 is 0. The number of piperidine rings is 1. The number of nitrogens with zero attached hydrogens (tertiary/aromatic N) is 1. The molecular formula is C13H18N2O3. The molecule has 1 aliphatic rings. The Labute approximate surface area is 106 Å². The normalized spacial score (nSPS) is 23.9. The highest BCUT2D eigenvalue weighted by Gasteiger charge is 2.43. The van der Waals surface area contributed by atoms with Crippen LogP contribution in [0.2, 0.25) is 0 Å². The van der Waals surface area contributed by atoms with E-state index in [0.717, 1.165) is 18.4 Å². The van der Waals surface area contributed by atoms with E-state index in [2.05, 4.69) is 4.98 Å². The van der Waals surface area contributed by atoms with Crippen molar-refractivity contribution in [2.75, 3.05) is 6.54 Å². The van der Waals surface area contributed by atoms with Crippen LogP contribution in [0.3, 0.4) is 0 Å². The quantitative estimate of drug-likeness (QED) is 0.852. The Morgan fingerprint density at radius 1 is 1.50 bits per heavy atom. The number of rotatable bonds is 3. The molecule has 2 rings (SSSR count). The summed E-state index contributed by atoms with van der Waals surface area (Å²) in [6.07, 6.45) is 6.04. The van der Waals surface area contributed by atoms with Crippen LogP contribution in [0.4, 0.5) is 0 Å². The highest BCUT2D eigenvalue weighted by molar-refractivity contribution is 5.88. The minimum Gasteiger partial charge on any atom is -0.480 e. The summed E-state index contributed by atoms with van der Waals surface area (Å²) in [6.45, 7) is 2.18. The van der Waals surface area contributed by atoms with Gasteiger partial charge in [-0.25, -0.2) is 4.79 Å². The SMILES string of the molecule is CC1(C(=O)O)CCCCN1C(=O)Cc1cc[nH]c1. The molecule has 0 aromatic carbocycles. The molecule has 1 saturated heterocycles. The van der Waals surface area contributed by atoms with Crippen LogP contribution in [-0.2, 0) is 16.0 Å². The highest BCUT2D eigenvalue weighted by Crippen LogP contribution is 2.28. The fourth-order valence-corrected chi connectivity index (χ4v) is 2.48. The van der Waals surface area contributed by atoms with Crippen LogP contribution in [0.5, 0.6) is 0 Å². The molecule has 0 aliphatic carbocycles. The molecule has 1 atom stereocenters. The summed E-state index contributed by atoms with van der Waals surface area (Å²) in [5.41, 5.74) is -0.163. The lowest BCUT2D eigenvalue weighted by atomic mass is 9.88. The van der Waals surface area contributed by atoms with Crippen molar-refractivity contribution < 1.29 is 14.7 Å². The predicted octanol–water partition coefficient (Wildman–Crippen LogP) is 1.41. The Kier molecular flexibility index (Phi) is 3.41. The summed E-state index contributed by atoms with van der Waals surface area (Å²) < 4.78 is 0. The molecule has 18 heavy (non-hydrogen) atoms. The number of aromatic nitrogens is 1. The van der Waals surface area contributed by atoms with Crippen molar-refractivity contribution in [1.29, 1.82) is 0 Å². The van der Waals surface area contributed by atoms with Gasteiger partial charge in [-0.3, -0.25) is 4.79 Å². The number of carboxylic acids is 1. The Balaban J connectivity index is 2.14. The highest BCUT2D eigenvalue weighted by atomic mass is 16.4. The van der Waals surface area contributed by atoms with Gasteiger partial charge in [-0.1, -0.05) is 0 Å². The summed E-state index contributed by atoms with van der Waals surface area (Å²) in [4.78, 5) is 28.0. The fraction of sp³-hybridized carbons (Fsp3) is 0.538. The van der Waals surface area contributed by atoms with Crippen molar-refractivity contribution >= 4 is 11.9 Å². The molecule has 1 aromatic rings. The Hall–Kier alpha value is -1.78. The van der Waals surface area contributed by atoms with Crippen LogP contribution in [-0.4, -0.2) is 39.0 Å². The number of hydrogen-bond acceptors (Lipinski definition) is 2. The van der Waals surface area contributed by atoms with E-state index in [1.165, 1.54) is 4.90 Å². The second-order valence-corrected chi connectivity index (χ2v) is 4.98. The lowest BCUT2D eigenvalue weighted by Gasteiger charge is -2.41. The number of aliphatic carboxylic acids is 1.